The van der Waals surface area contributed by atoms with Crippen molar-refractivity contribution in [2.24, 2.45) is 0 Å². The molecule has 20 heavy (non-hydrogen) atoms. The van der Waals surface area contributed by atoms with Crippen LogP contribution in [-0.2, 0) is 0 Å². The van der Waals surface area contributed by atoms with Gasteiger partial charge in [-0.1, -0.05) is 32.0 Å². The quantitative estimate of drug-likeness (QED) is 0.901. The summed E-state index contributed by atoms with van der Waals surface area (Å²) in [6.45, 7) is 4.00. The Balaban J connectivity index is 0.000000956. The molecule has 0 unspecified atom stereocenters. The number of nitrogens with one attached hydrogen (secondary N) is 2. The molecule has 4 nitrogen and oxygen atoms in total. The first-order valence-corrected chi connectivity index (χ1v) is 6.71. The van der Waals surface area contributed by atoms with Crippen molar-refractivity contribution in [2.45, 2.75) is 13.8 Å². The maximum atomic E-state index is 11.4. The molecular formula is C16H21N3O. The van der Waals surface area contributed by atoms with Gasteiger partial charge in [-0.15, -0.1) is 0 Å². The molecule has 0 atom stereocenters. The minimum Gasteiger partial charge on any atom is -0.388 e. The maximum absolute atomic E-state index is 11.4. The molecule has 0 aliphatic rings. The zero-order valence-corrected chi connectivity index (χ0v) is 12.4. The van der Waals surface area contributed by atoms with E-state index < -0.39 is 0 Å². The van der Waals surface area contributed by atoms with Crippen LogP contribution in [0.5, 0.6) is 0 Å². The van der Waals surface area contributed by atoms with Crippen molar-refractivity contribution in [1.82, 2.24) is 10.3 Å². The van der Waals surface area contributed by atoms with E-state index in [9.17, 15) is 4.79 Å². The molecule has 106 valence electrons. The molecule has 1 heterocycles. The van der Waals surface area contributed by atoms with E-state index >= 15 is 0 Å². The van der Waals surface area contributed by atoms with Crippen molar-refractivity contribution in [1.29, 1.82) is 0 Å². The summed E-state index contributed by atoms with van der Waals surface area (Å²) >= 11 is 0. The Morgan fingerprint density at radius 1 is 0.950 bits per heavy atom. The lowest BCUT2D eigenvalue weighted by Crippen LogP contribution is -2.18. The third-order valence-corrected chi connectivity index (χ3v) is 2.73. The van der Waals surface area contributed by atoms with Gasteiger partial charge in [0, 0.05) is 31.5 Å². The number of carbonyl (C=O) groups is 1. The molecule has 0 fully saturated rings. The van der Waals surface area contributed by atoms with E-state index in [2.05, 4.69) is 15.6 Å². The van der Waals surface area contributed by atoms with Crippen molar-refractivity contribution < 1.29 is 4.79 Å². The van der Waals surface area contributed by atoms with Gasteiger partial charge in [-0.3, -0.25) is 9.78 Å². The first-order chi connectivity index (χ1) is 9.74. The van der Waals surface area contributed by atoms with Gasteiger partial charge in [-0.25, -0.2) is 0 Å². The Labute approximate surface area is 120 Å². The Morgan fingerprint density at radius 2 is 1.55 bits per heavy atom. The number of amides is 1. The fourth-order valence-corrected chi connectivity index (χ4v) is 1.66. The number of rotatable bonds is 3. The fraction of sp³-hybridized carbons (Fsp3) is 0.250. The zero-order chi connectivity index (χ0) is 15.0. The topological polar surface area (TPSA) is 54.0 Å². The molecule has 1 amide bonds. The number of hydrogen-bond acceptors (Lipinski definition) is 3. The zero-order valence-electron chi connectivity index (χ0n) is 12.4. The lowest BCUT2D eigenvalue weighted by molar-refractivity contribution is 0.0958. The number of benzene rings is 1. The molecule has 0 spiro atoms. The molecule has 0 radical (unpaired) electrons. The summed E-state index contributed by atoms with van der Waals surface area (Å²) < 4.78 is 0. The lowest BCUT2D eigenvalue weighted by atomic mass is 10.1. The van der Waals surface area contributed by atoms with Gasteiger partial charge >= 0.3 is 0 Å². The molecule has 0 saturated heterocycles. The molecule has 0 bridgehead atoms. The molecule has 4 heteroatoms. The van der Waals surface area contributed by atoms with E-state index in [-0.39, 0.29) is 5.91 Å². The molecule has 0 aliphatic heterocycles. The molecule has 0 aliphatic carbocycles. The number of hydrogen-bond donors (Lipinski definition) is 2. The highest BCUT2D eigenvalue weighted by Crippen LogP contribution is 2.20. The van der Waals surface area contributed by atoms with Crippen molar-refractivity contribution in [3.8, 4) is 11.1 Å². The number of nitrogens with zero attached hydrogens (tertiary/aromatic N) is 1. The summed E-state index contributed by atoms with van der Waals surface area (Å²) in [5, 5.41) is 5.61. The average molecular weight is 271 g/mol. The predicted molar refractivity (Wildman–Crippen MR) is 84.0 cm³/mol. The molecule has 0 saturated carbocycles. The Hall–Kier alpha value is -2.36. The van der Waals surface area contributed by atoms with Crippen molar-refractivity contribution in [3.63, 3.8) is 0 Å². The van der Waals surface area contributed by atoms with E-state index in [1.165, 1.54) is 0 Å². The average Bonchev–Trinajstić information content (AvgIpc) is 2.56. The second-order valence-corrected chi connectivity index (χ2v) is 3.84. The summed E-state index contributed by atoms with van der Waals surface area (Å²) in [5.74, 6) is -0.174. The van der Waals surface area contributed by atoms with Crippen LogP contribution in [-0.4, -0.2) is 25.0 Å². The van der Waals surface area contributed by atoms with Crippen LogP contribution in [0.3, 0.4) is 0 Å². The van der Waals surface area contributed by atoms with Crippen molar-refractivity contribution >= 4 is 11.6 Å². The highest BCUT2D eigenvalue weighted by atomic mass is 16.1. The number of aromatic nitrogens is 1. The highest BCUT2D eigenvalue weighted by molar-refractivity contribution is 5.92. The summed E-state index contributed by atoms with van der Waals surface area (Å²) in [4.78, 5) is 15.5. The van der Waals surface area contributed by atoms with E-state index in [1.807, 2.05) is 51.2 Å². The monoisotopic (exact) mass is 271 g/mol. The fourth-order valence-electron chi connectivity index (χ4n) is 1.66. The molecule has 2 aromatic rings. The summed E-state index contributed by atoms with van der Waals surface area (Å²) in [5.41, 5.74) is 3.55. The van der Waals surface area contributed by atoms with Crippen LogP contribution in [0.4, 0.5) is 5.69 Å². The second-order valence-electron chi connectivity index (χ2n) is 3.84. The van der Waals surface area contributed by atoms with E-state index in [1.54, 1.807) is 19.3 Å². The van der Waals surface area contributed by atoms with Gasteiger partial charge in [-0.05, 0) is 23.8 Å². The van der Waals surface area contributed by atoms with Gasteiger partial charge in [0.2, 0.25) is 0 Å². The first-order valence-electron chi connectivity index (χ1n) is 6.71. The van der Waals surface area contributed by atoms with Gasteiger partial charge in [0.1, 0.15) is 5.69 Å². The Bertz CT molecular complexity index is 533. The van der Waals surface area contributed by atoms with Crippen LogP contribution >= 0.6 is 0 Å². The van der Waals surface area contributed by atoms with Crippen LogP contribution in [0, 0.1) is 0 Å². The van der Waals surface area contributed by atoms with Crippen LogP contribution in [0.25, 0.3) is 11.1 Å². The number of anilines is 1. The van der Waals surface area contributed by atoms with E-state index in [0.29, 0.717) is 5.69 Å². The molecule has 2 rings (SSSR count). The Morgan fingerprint density at radius 3 is 2.00 bits per heavy atom. The van der Waals surface area contributed by atoms with Crippen molar-refractivity contribution in [2.75, 3.05) is 19.4 Å². The summed E-state index contributed by atoms with van der Waals surface area (Å²) in [7, 11) is 3.48. The predicted octanol–water partition coefficient (Wildman–Crippen LogP) is 3.18. The van der Waals surface area contributed by atoms with Gasteiger partial charge in [0.15, 0.2) is 0 Å². The Kier molecular flexibility index (Phi) is 6.23. The normalized spacial score (nSPS) is 9.20. The first kappa shape index (κ1) is 15.7. The molecule has 2 N–H and O–H groups in total. The minimum atomic E-state index is -0.174. The molecular weight excluding hydrogens is 250 g/mol. The third-order valence-electron chi connectivity index (χ3n) is 2.73. The van der Waals surface area contributed by atoms with Gasteiger partial charge in [-0.2, -0.15) is 0 Å². The minimum absolute atomic E-state index is 0.174. The van der Waals surface area contributed by atoms with Crippen LogP contribution in [0.1, 0.15) is 24.3 Å². The van der Waals surface area contributed by atoms with Crippen LogP contribution in [0.2, 0.25) is 0 Å². The molecule has 1 aromatic heterocycles. The van der Waals surface area contributed by atoms with Crippen LogP contribution in [0.15, 0.2) is 42.6 Å². The van der Waals surface area contributed by atoms with Gasteiger partial charge < -0.3 is 10.6 Å². The molecule has 1 aromatic carbocycles. The third kappa shape index (κ3) is 3.82. The standard InChI is InChI=1S/C14H15N3O.C2H6/c1-15-12-6-3-10(4-7-12)11-5-8-13(17-9-11)14(18)16-2;1-2/h3-9,15H,1-2H3,(H,16,18);1-2H3. The summed E-state index contributed by atoms with van der Waals surface area (Å²) in [6.07, 6.45) is 1.71. The largest absolute Gasteiger partial charge is 0.388 e. The van der Waals surface area contributed by atoms with Gasteiger partial charge in [0.25, 0.3) is 5.91 Å². The van der Waals surface area contributed by atoms with Gasteiger partial charge in [0.05, 0.1) is 0 Å². The second kappa shape index (κ2) is 7.94. The smallest absolute Gasteiger partial charge is 0.269 e. The number of carbonyl (C=O) groups excluding carboxylic acids is 1. The maximum Gasteiger partial charge on any atom is 0.269 e. The lowest BCUT2D eigenvalue weighted by Gasteiger charge is -2.04. The summed E-state index contributed by atoms with van der Waals surface area (Å²) in [6, 6.07) is 11.7. The van der Waals surface area contributed by atoms with Crippen LogP contribution < -0.4 is 10.6 Å². The van der Waals surface area contributed by atoms with E-state index in [0.717, 1.165) is 16.8 Å². The van der Waals surface area contributed by atoms with E-state index in [4.69, 9.17) is 0 Å². The SMILES string of the molecule is CC.CNC(=O)c1ccc(-c2ccc(NC)cc2)cn1. The highest BCUT2D eigenvalue weighted by Gasteiger charge is 2.04. The number of pyridine rings is 1. The van der Waals surface area contributed by atoms with Crippen molar-refractivity contribution in [3.05, 3.63) is 48.3 Å².